The van der Waals surface area contributed by atoms with Gasteiger partial charge in [0, 0.05) is 19.3 Å². The Balaban J connectivity index is 5.46. The molecule has 546 valence electrons. The molecule has 17 nitrogen and oxygen atoms in total. The van der Waals surface area contributed by atoms with Crippen molar-refractivity contribution >= 4 is 39.5 Å². The predicted molar refractivity (Wildman–Crippen MR) is 390 cm³/mol. The number of phosphoric ester groups is 2. The highest BCUT2D eigenvalue weighted by Gasteiger charge is 2.30. The molecule has 0 aliphatic carbocycles. The Bertz CT molecular complexity index is 2400. The molecule has 0 spiro atoms. The molecule has 0 saturated carbocycles. The lowest BCUT2D eigenvalue weighted by Gasteiger charge is -2.21. The summed E-state index contributed by atoms with van der Waals surface area (Å²) in [5, 5.41) is 10.6. The zero-order valence-corrected chi connectivity index (χ0v) is 61.0. The maximum Gasteiger partial charge on any atom is 0.472 e. The van der Waals surface area contributed by atoms with Crippen LogP contribution in [0.15, 0.2) is 146 Å². The van der Waals surface area contributed by atoms with Crippen molar-refractivity contribution in [1.82, 2.24) is 0 Å². The smallest absolute Gasteiger partial charge is 0.462 e. The van der Waals surface area contributed by atoms with E-state index in [9.17, 15) is 43.2 Å². The normalized spacial score (nSPS) is 14.9. The van der Waals surface area contributed by atoms with Crippen LogP contribution in [0.2, 0.25) is 0 Å². The lowest BCUT2D eigenvalue weighted by Crippen LogP contribution is -2.30. The fraction of sp³-hybridized carbons (Fsp3) is 0.636. The van der Waals surface area contributed by atoms with Crippen LogP contribution < -0.4 is 0 Å². The number of hydrogen-bond acceptors (Lipinski definition) is 15. The average Bonchev–Trinajstić information content (AvgIpc) is 1.11. The SMILES string of the molecule is CC/C=C\C/C=C\C/C=C\C/C=C\C/C=C\CC(=O)OCC(COP(=O)(O)OCC(O)COP(=O)(O)OCC(COC(=O)CCCC/C=C\C/C=C\C/C=C\C/C=C\CC)OC(=O)CCCCCCC/C=C\C/C=C\CCCCC)OC(=O)CCCCCCC/C=C\CCCC. The maximum absolute atomic E-state index is 13.0. The third-order valence-electron chi connectivity index (χ3n) is 14.3. The Hall–Kier alpha value is -5.06. The van der Waals surface area contributed by atoms with E-state index in [1.807, 2.05) is 18.2 Å². The Morgan fingerprint density at radius 1 is 0.312 bits per heavy atom. The van der Waals surface area contributed by atoms with Crippen molar-refractivity contribution in [2.75, 3.05) is 39.6 Å². The summed E-state index contributed by atoms with van der Waals surface area (Å²) in [4.78, 5) is 72.6. The second-order valence-electron chi connectivity index (χ2n) is 23.4. The van der Waals surface area contributed by atoms with E-state index in [0.717, 1.165) is 154 Å². The number of carbonyl (C=O) groups is 4. The Kier molecular flexibility index (Phi) is 64.9. The first-order valence-corrected chi connectivity index (χ1v) is 39.1. The summed E-state index contributed by atoms with van der Waals surface area (Å²) in [6.07, 6.45) is 76.1. The van der Waals surface area contributed by atoms with Gasteiger partial charge in [-0.15, -0.1) is 0 Å². The molecule has 0 aliphatic rings. The van der Waals surface area contributed by atoms with Crippen molar-refractivity contribution in [3.8, 4) is 0 Å². The molecule has 0 heterocycles. The summed E-state index contributed by atoms with van der Waals surface area (Å²) < 4.78 is 68.1. The lowest BCUT2D eigenvalue weighted by atomic mass is 10.1. The summed E-state index contributed by atoms with van der Waals surface area (Å²) in [6, 6.07) is 0. The molecule has 19 heteroatoms. The summed E-state index contributed by atoms with van der Waals surface area (Å²) in [7, 11) is -9.99. The third-order valence-corrected chi connectivity index (χ3v) is 16.2. The summed E-state index contributed by atoms with van der Waals surface area (Å²) in [5.41, 5.74) is 0. The van der Waals surface area contributed by atoms with E-state index < -0.39 is 97.5 Å². The van der Waals surface area contributed by atoms with Gasteiger partial charge >= 0.3 is 39.5 Å². The molecule has 5 unspecified atom stereocenters. The average molecular weight is 1390 g/mol. The van der Waals surface area contributed by atoms with E-state index in [1.54, 1.807) is 6.08 Å². The molecule has 0 bridgehead atoms. The van der Waals surface area contributed by atoms with E-state index in [2.05, 4.69) is 149 Å². The largest absolute Gasteiger partial charge is 0.472 e. The predicted octanol–water partition coefficient (Wildman–Crippen LogP) is 20.3. The quantitative estimate of drug-likeness (QED) is 0.0169. The molecule has 3 N–H and O–H groups in total. The van der Waals surface area contributed by atoms with E-state index in [-0.39, 0.29) is 25.7 Å². The van der Waals surface area contributed by atoms with Crippen LogP contribution in [0.1, 0.15) is 259 Å². The number of unbranched alkanes of at least 4 members (excludes halogenated alkanes) is 17. The monoisotopic (exact) mass is 1380 g/mol. The minimum absolute atomic E-state index is 0.0597. The van der Waals surface area contributed by atoms with Gasteiger partial charge in [0.15, 0.2) is 12.2 Å². The van der Waals surface area contributed by atoms with Crippen molar-refractivity contribution < 1.29 is 80.2 Å². The zero-order chi connectivity index (χ0) is 70.4. The first kappa shape index (κ1) is 90.9. The second-order valence-corrected chi connectivity index (χ2v) is 26.3. The molecular weight excluding hydrogens is 1260 g/mol. The van der Waals surface area contributed by atoms with Gasteiger partial charge in [0.25, 0.3) is 0 Å². The number of allylic oxidation sites excluding steroid dienone is 23. The van der Waals surface area contributed by atoms with Crippen LogP contribution in [-0.2, 0) is 65.4 Å². The van der Waals surface area contributed by atoms with Crippen molar-refractivity contribution in [2.45, 2.75) is 277 Å². The summed E-state index contributed by atoms with van der Waals surface area (Å²) in [5.74, 6) is -2.41. The molecule has 0 aromatic carbocycles. The van der Waals surface area contributed by atoms with Gasteiger partial charge in [-0.05, 0) is 141 Å². The van der Waals surface area contributed by atoms with Crippen LogP contribution in [-0.4, -0.2) is 96.7 Å². The van der Waals surface area contributed by atoms with E-state index >= 15 is 0 Å². The van der Waals surface area contributed by atoms with Gasteiger partial charge in [0.2, 0.25) is 0 Å². The van der Waals surface area contributed by atoms with Crippen LogP contribution in [0.25, 0.3) is 0 Å². The lowest BCUT2D eigenvalue weighted by molar-refractivity contribution is -0.161. The number of aliphatic hydroxyl groups excluding tert-OH is 1. The number of ether oxygens (including phenoxy) is 4. The van der Waals surface area contributed by atoms with Crippen molar-refractivity contribution in [1.29, 1.82) is 0 Å². The van der Waals surface area contributed by atoms with Crippen molar-refractivity contribution in [3.63, 3.8) is 0 Å². The Morgan fingerprint density at radius 3 is 0.990 bits per heavy atom. The number of esters is 4. The number of phosphoric acid groups is 2. The van der Waals surface area contributed by atoms with Gasteiger partial charge in [-0.3, -0.25) is 37.3 Å². The first-order valence-electron chi connectivity index (χ1n) is 36.1. The van der Waals surface area contributed by atoms with Gasteiger partial charge in [-0.1, -0.05) is 238 Å². The van der Waals surface area contributed by atoms with Crippen LogP contribution >= 0.6 is 15.6 Å². The molecule has 0 saturated heterocycles. The molecule has 0 rings (SSSR count). The van der Waals surface area contributed by atoms with Gasteiger partial charge in [-0.25, -0.2) is 9.13 Å². The highest BCUT2D eigenvalue weighted by Crippen LogP contribution is 2.45. The zero-order valence-electron chi connectivity index (χ0n) is 59.2. The minimum Gasteiger partial charge on any atom is -0.462 e. The molecule has 0 radical (unpaired) electrons. The Labute approximate surface area is 579 Å². The molecule has 0 amide bonds. The topological polar surface area (TPSA) is 237 Å². The van der Waals surface area contributed by atoms with E-state index in [1.165, 1.54) is 25.7 Å². The first-order chi connectivity index (χ1) is 46.7. The van der Waals surface area contributed by atoms with Crippen LogP contribution in [0.4, 0.5) is 0 Å². The van der Waals surface area contributed by atoms with Gasteiger partial charge < -0.3 is 33.8 Å². The number of carbonyl (C=O) groups excluding carboxylic acids is 4. The van der Waals surface area contributed by atoms with Gasteiger partial charge in [-0.2, -0.15) is 0 Å². The minimum atomic E-state index is -5.00. The second kappa shape index (κ2) is 68.5. The highest BCUT2D eigenvalue weighted by atomic mass is 31.2. The van der Waals surface area contributed by atoms with Crippen molar-refractivity contribution in [2.24, 2.45) is 0 Å². The summed E-state index contributed by atoms with van der Waals surface area (Å²) >= 11 is 0. The molecule has 0 aromatic heterocycles. The fourth-order valence-corrected chi connectivity index (χ4v) is 10.4. The number of hydrogen-bond donors (Lipinski definition) is 3. The van der Waals surface area contributed by atoms with Crippen molar-refractivity contribution in [3.05, 3.63) is 146 Å². The van der Waals surface area contributed by atoms with Crippen LogP contribution in [0.5, 0.6) is 0 Å². The third kappa shape index (κ3) is 67.5. The van der Waals surface area contributed by atoms with Gasteiger partial charge in [0.1, 0.15) is 19.3 Å². The molecule has 96 heavy (non-hydrogen) atoms. The molecule has 5 atom stereocenters. The van der Waals surface area contributed by atoms with E-state index in [4.69, 9.17) is 37.0 Å². The number of rotatable bonds is 66. The molecule has 0 fully saturated rings. The maximum atomic E-state index is 13.0. The van der Waals surface area contributed by atoms with E-state index in [0.29, 0.717) is 25.7 Å². The Morgan fingerprint density at radius 2 is 0.594 bits per heavy atom. The van der Waals surface area contributed by atoms with Gasteiger partial charge in [0.05, 0.1) is 32.8 Å². The standard InChI is InChI=1S/C77H126O17P2/c1-5-9-13-17-21-25-29-32-35-38-42-45-49-53-57-61-74(79)87-67-72(93-76(81)63-59-55-51-47-41-28-24-20-16-12-8-4)69-91-95(83,84)89-65-71(78)66-90-96(85,86)92-70-73(94-77(82)64-60-56-52-48-44-40-37-34-31-27-23-19-15-11-7-3)68-88-75(80)62-58-54-50-46-43-39-36-33-30-26-22-18-14-10-6-2/h9-10,13-14,20-27,32-37,42-43,45-46,53,57,71-73,78H,5-8,11-12,15-19,28-31,38-41,44,47-52,54-56,58-70H2,1-4H3,(H,83,84)(H,85,86)/b13-9-,14-10-,24-20-,25-21-,26-22-,27-23-,35-32-,36-33-,37-34-,45-42-,46-43-,57-53-. The molecule has 0 aromatic rings. The highest BCUT2D eigenvalue weighted by molar-refractivity contribution is 7.47. The van der Waals surface area contributed by atoms with Crippen LogP contribution in [0.3, 0.4) is 0 Å². The summed E-state index contributed by atoms with van der Waals surface area (Å²) in [6.45, 7) is 4.35. The van der Waals surface area contributed by atoms with Crippen LogP contribution in [0, 0.1) is 0 Å². The molecule has 0 aliphatic heterocycles. The molecular formula is C77H126O17P2. The fourth-order valence-electron chi connectivity index (χ4n) is 8.82. The number of aliphatic hydroxyl groups is 1.